The van der Waals surface area contributed by atoms with Crippen molar-refractivity contribution < 1.29 is 13.7 Å². The molecule has 3 nitrogen and oxygen atoms in total. The minimum absolute atomic E-state index is 0.162. The molecule has 0 N–H and O–H groups in total. The van der Waals surface area contributed by atoms with Gasteiger partial charge in [-0.2, -0.15) is 0 Å². The topological polar surface area (TPSA) is 27.7 Å². The van der Waals surface area contributed by atoms with Crippen molar-refractivity contribution >= 4 is 15.4 Å². The van der Waals surface area contributed by atoms with E-state index in [1.165, 1.54) is 5.57 Å². The van der Waals surface area contributed by atoms with E-state index in [1.807, 2.05) is 6.08 Å². The number of hydrogen-bond donors (Lipinski definition) is 0. The average molecular weight is 449 g/mol. The first-order chi connectivity index (χ1) is 13.9. The van der Waals surface area contributed by atoms with Crippen molar-refractivity contribution in [2.24, 2.45) is 11.8 Å². The molecule has 0 spiro atoms. The Labute approximate surface area is 194 Å². The van der Waals surface area contributed by atoms with Crippen molar-refractivity contribution in [1.82, 2.24) is 0 Å². The maximum Gasteiger partial charge on any atom is 0.461 e. The molecule has 178 valence electrons. The van der Waals surface area contributed by atoms with Crippen LogP contribution in [0.4, 0.5) is 0 Å². The summed E-state index contributed by atoms with van der Waals surface area (Å²) >= 11 is 0. The fraction of sp³-hybridized carbons (Fsp3) is 0.846. The molecule has 31 heavy (non-hydrogen) atoms. The van der Waals surface area contributed by atoms with Gasteiger partial charge in [0.05, 0.1) is 16.8 Å². The van der Waals surface area contributed by atoms with Gasteiger partial charge in [0.2, 0.25) is 0 Å². The lowest BCUT2D eigenvalue weighted by molar-refractivity contribution is -0.0395. The molecule has 2 aliphatic rings. The predicted molar refractivity (Wildman–Crippen MR) is 137 cm³/mol. The van der Waals surface area contributed by atoms with Crippen LogP contribution in [0.15, 0.2) is 24.8 Å². The second-order valence-electron chi connectivity index (χ2n) is 12.9. The summed E-state index contributed by atoms with van der Waals surface area (Å²) < 4.78 is 20.4. The van der Waals surface area contributed by atoms with Crippen LogP contribution in [0.25, 0.3) is 0 Å². The molecule has 5 heteroatoms. The summed E-state index contributed by atoms with van der Waals surface area (Å²) in [5.74, 6) is 1.08. The monoisotopic (exact) mass is 448 g/mol. The predicted octanol–water partition coefficient (Wildman–Crippen LogP) is 7.80. The van der Waals surface area contributed by atoms with Crippen molar-refractivity contribution in [3.05, 3.63) is 24.8 Å². The summed E-state index contributed by atoms with van der Waals surface area (Å²) in [4.78, 5) is 0. The van der Waals surface area contributed by atoms with Crippen LogP contribution in [0.2, 0.25) is 23.9 Å². The highest BCUT2D eigenvalue weighted by Crippen LogP contribution is 2.54. The molecule has 0 aromatic rings. The van der Waals surface area contributed by atoms with Gasteiger partial charge in [-0.05, 0) is 97.2 Å². The molecule has 1 aliphatic heterocycles. The van der Waals surface area contributed by atoms with Gasteiger partial charge in [0.1, 0.15) is 0 Å². The third-order valence-electron chi connectivity index (χ3n) is 8.83. The van der Waals surface area contributed by atoms with Crippen LogP contribution in [0.1, 0.15) is 88.0 Å². The Bertz CT molecular complexity index is 663. The second-order valence-corrected chi connectivity index (χ2v) is 17.6. The Balaban J connectivity index is 2.45. The van der Waals surface area contributed by atoms with Crippen LogP contribution in [-0.4, -0.2) is 32.2 Å². The zero-order chi connectivity index (χ0) is 24.0. The zero-order valence-corrected chi connectivity index (χ0v) is 23.4. The Morgan fingerprint density at radius 2 is 1.65 bits per heavy atom. The smallest absolute Gasteiger partial charge is 0.411 e. The van der Waals surface area contributed by atoms with E-state index < -0.39 is 8.32 Å². The highest BCUT2D eigenvalue weighted by atomic mass is 28.4. The van der Waals surface area contributed by atoms with E-state index >= 15 is 0 Å². The van der Waals surface area contributed by atoms with Crippen molar-refractivity contribution in [3.63, 3.8) is 0 Å². The quantitative estimate of drug-likeness (QED) is 0.294. The van der Waals surface area contributed by atoms with Crippen molar-refractivity contribution in [2.45, 2.75) is 129 Å². The van der Waals surface area contributed by atoms with Gasteiger partial charge in [0.25, 0.3) is 0 Å². The molecule has 4 atom stereocenters. The summed E-state index contributed by atoms with van der Waals surface area (Å²) in [6.07, 6.45) is 6.18. The van der Waals surface area contributed by atoms with Gasteiger partial charge in [-0.3, -0.25) is 0 Å². The van der Waals surface area contributed by atoms with Crippen LogP contribution in [-0.2, 0) is 13.7 Å². The highest BCUT2D eigenvalue weighted by Gasteiger charge is 2.58. The lowest BCUT2D eigenvalue weighted by Crippen LogP contribution is -2.56. The SMILES string of the molecule is C=CC[C@@H](B1OC(C)(C)C(C)(C)O1)C1CC[C@@H](C(=C)C)C[C@@]1(C)O[Si](C)(C)C(C)(C)C. The Morgan fingerprint density at radius 1 is 1.13 bits per heavy atom. The molecule has 1 aliphatic carbocycles. The van der Waals surface area contributed by atoms with Gasteiger partial charge in [-0.15, -0.1) is 6.58 Å². The standard InChI is InChI=1S/C26H49BO3Si/c1-14-15-22(27-28-24(7,8)25(9,10)29-27)21-17-16-20(19(2)3)18-26(21,11)30-31(12,13)23(4,5)6/h14,20-22H,1-2,15-18H2,3-13H3/t20-,21?,22-,26-/m1/s1. The molecule has 1 saturated heterocycles. The van der Waals surface area contributed by atoms with E-state index in [0.29, 0.717) is 11.8 Å². The normalized spacial score (nSPS) is 32.0. The fourth-order valence-electron chi connectivity index (χ4n) is 5.09. The van der Waals surface area contributed by atoms with Crippen molar-refractivity contribution in [2.75, 3.05) is 0 Å². The summed E-state index contributed by atoms with van der Waals surface area (Å²) in [5, 5.41) is 0.162. The highest BCUT2D eigenvalue weighted by molar-refractivity contribution is 6.74. The average Bonchev–Trinajstić information content (AvgIpc) is 2.78. The maximum absolute atomic E-state index is 7.27. The van der Waals surface area contributed by atoms with Crippen LogP contribution < -0.4 is 0 Å². The molecule has 0 amide bonds. The molecule has 2 fully saturated rings. The molecular weight excluding hydrogens is 399 g/mol. The first-order valence-electron chi connectivity index (χ1n) is 12.2. The first kappa shape index (κ1) is 26.9. The van der Waals surface area contributed by atoms with Crippen LogP contribution >= 0.6 is 0 Å². The summed E-state index contributed by atoms with van der Waals surface area (Å²) in [6, 6.07) is 0. The van der Waals surface area contributed by atoms with Crippen LogP contribution in [0.3, 0.4) is 0 Å². The lowest BCUT2D eigenvalue weighted by atomic mass is 9.54. The molecule has 0 aromatic heterocycles. The fourth-order valence-corrected chi connectivity index (χ4v) is 6.80. The van der Waals surface area contributed by atoms with Gasteiger partial charge < -0.3 is 13.7 Å². The second kappa shape index (κ2) is 8.77. The molecule has 0 aromatic carbocycles. The van der Waals surface area contributed by atoms with Crippen LogP contribution in [0.5, 0.6) is 0 Å². The van der Waals surface area contributed by atoms with Gasteiger partial charge >= 0.3 is 7.12 Å². The van der Waals surface area contributed by atoms with Crippen LogP contribution in [0, 0.1) is 11.8 Å². The molecule has 1 saturated carbocycles. The molecular formula is C26H49BO3Si. The minimum atomic E-state index is -1.97. The van der Waals surface area contributed by atoms with E-state index in [4.69, 9.17) is 13.7 Å². The van der Waals surface area contributed by atoms with Gasteiger partial charge in [-0.25, -0.2) is 0 Å². The molecule has 2 rings (SSSR count). The third kappa shape index (κ3) is 5.42. The third-order valence-corrected chi connectivity index (χ3v) is 13.4. The Hall–Kier alpha value is -0.358. The largest absolute Gasteiger partial charge is 0.461 e. The van der Waals surface area contributed by atoms with E-state index in [-0.39, 0.29) is 34.8 Å². The van der Waals surface area contributed by atoms with E-state index in [2.05, 4.69) is 88.6 Å². The molecule has 0 bridgehead atoms. The first-order valence-corrected chi connectivity index (χ1v) is 15.1. The zero-order valence-electron chi connectivity index (χ0n) is 22.4. The summed E-state index contributed by atoms with van der Waals surface area (Å²) in [5.41, 5.74) is 0.382. The molecule has 1 unspecified atom stereocenters. The van der Waals surface area contributed by atoms with Gasteiger partial charge in [0, 0.05) is 5.82 Å². The lowest BCUT2D eigenvalue weighted by Gasteiger charge is -2.53. The minimum Gasteiger partial charge on any atom is -0.411 e. The molecule has 1 heterocycles. The van der Waals surface area contributed by atoms with Gasteiger partial charge in [0.15, 0.2) is 8.32 Å². The summed E-state index contributed by atoms with van der Waals surface area (Å²) in [6.45, 7) is 33.2. The molecule has 0 radical (unpaired) electrons. The Morgan fingerprint density at radius 3 is 2.06 bits per heavy atom. The summed E-state index contributed by atoms with van der Waals surface area (Å²) in [7, 11) is -2.21. The van der Waals surface area contributed by atoms with E-state index in [9.17, 15) is 0 Å². The van der Waals surface area contributed by atoms with E-state index in [0.717, 1.165) is 25.7 Å². The Kier molecular flexibility index (Phi) is 7.61. The maximum atomic E-state index is 7.27. The van der Waals surface area contributed by atoms with E-state index in [1.54, 1.807) is 0 Å². The number of hydrogen-bond acceptors (Lipinski definition) is 3. The van der Waals surface area contributed by atoms with Crippen molar-refractivity contribution in [3.8, 4) is 0 Å². The van der Waals surface area contributed by atoms with Crippen molar-refractivity contribution in [1.29, 1.82) is 0 Å². The number of allylic oxidation sites excluding steroid dienone is 2. The number of rotatable bonds is 7. The van der Waals surface area contributed by atoms with Gasteiger partial charge in [-0.1, -0.05) is 39.0 Å².